The Balaban J connectivity index is 2.31. The Hall–Kier alpha value is -1.53. The molecule has 1 rings (SSSR count). The zero-order valence-electron chi connectivity index (χ0n) is 16.8. The largest absolute Gasteiger partial charge is 0.354 e. The lowest BCUT2D eigenvalue weighted by molar-refractivity contribution is -0.120. The van der Waals surface area contributed by atoms with E-state index < -0.39 is 0 Å². The molecule has 0 radical (unpaired) electrons. The first-order valence-electron chi connectivity index (χ1n) is 9.22. The molecule has 5 nitrogen and oxygen atoms in total. The Kier molecular flexibility index (Phi) is 9.73. The Labute approximate surface area is 162 Å². The van der Waals surface area contributed by atoms with E-state index in [9.17, 15) is 9.59 Å². The minimum Gasteiger partial charge on any atom is -0.354 e. The van der Waals surface area contributed by atoms with Crippen molar-refractivity contribution < 1.29 is 9.59 Å². The zero-order valence-corrected chi connectivity index (χ0v) is 17.7. The van der Waals surface area contributed by atoms with E-state index in [1.165, 1.54) is 11.8 Å². The molecular formula is C20H33N3O2S. The van der Waals surface area contributed by atoms with Crippen LogP contribution in [0.5, 0.6) is 0 Å². The summed E-state index contributed by atoms with van der Waals surface area (Å²) in [6.45, 7) is 13.9. The van der Waals surface area contributed by atoms with Gasteiger partial charge in [0.05, 0.1) is 11.0 Å². The van der Waals surface area contributed by atoms with E-state index in [2.05, 4.69) is 43.2 Å². The molecule has 0 saturated heterocycles. The monoisotopic (exact) mass is 379 g/mol. The molecule has 0 fully saturated rings. The Bertz CT molecular complexity index is 565. The fourth-order valence-corrected chi connectivity index (χ4v) is 3.38. The zero-order chi connectivity index (χ0) is 19.7. The van der Waals surface area contributed by atoms with Crippen LogP contribution < -0.4 is 10.6 Å². The first kappa shape index (κ1) is 22.5. The van der Waals surface area contributed by atoms with Gasteiger partial charge in [0.1, 0.15) is 0 Å². The molecule has 0 bridgehead atoms. The maximum atomic E-state index is 12.2. The first-order valence-corrected chi connectivity index (χ1v) is 10.3. The van der Waals surface area contributed by atoms with E-state index in [4.69, 9.17) is 0 Å². The van der Waals surface area contributed by atoms with Crippen LogP contribution in [0.2, 0.25) is 0 Å². The van der Waals surface area contributed by atoms with E-state index in [1.54, 1.807) is 0 Å². The number of hydrogen-bond donors (Lipinski definition) is 2. The number of amides is 2. The van der Waals surface area contributed by atoms with Crippen molar-refractivity contribution in [1.82, 2.24) is 10.2 Å². The molecule has 26 heavy (non-hydrogen) atoms. The summed E-state index contributed by atoms with van der Waals surface area (Å²) in [4.78, 5) is 26.5. The molecule has 1 atom stereocenters. The van der Waals surface area contributed by atoms with E-state index >= 15 is 0 Å². The molecule has 0 aliphatic rings. The molecule has 1 aromatic rings. The maximum Gasteiger partial charge on any atom is 0.234 e. The van der Waals surface area contributed by atoms with Crippen LogP contribution in [0, 0.1) is 6.92 Å². The minimum atomic E-state index is -0.259. The Morgan fingerprint density at radius 2 is 1.62 bits per heavy atom. The molecule has 2 amide bonds. The first-order chi connectivity index (χ1) is 12.2. The van der Waals surface area contributed by atoms with Gasteiger partial charge in [0.2, 0.25) is 11.8 Å². The number of benzene rings is 1. The highest BCUT2D eigenvalue weighted by atomic mass is 32.2. The SMILES string of the molecule is Cc1ccc(NC(=O)CSC(C)C(=O)NCCN(C(C)C)C(C)C)cc1. The Morgan fingerprint density at radius 1 is 1.04 bits per heavy atom. The number of thioether (sulfide) groups is 1. The van der Waals surface area contributed by atoms with Gasteiger partial charge in [0.15, 0.2) is 0 Å². The molecule has 6 heteroatoms. The maximum absolute atomic E-state index is 12.2. The summed E-state index contributed by atoms with van der Waals surface area (Å²) in [5.41, 5.74) is 1.93. The van der Waals surface area contributed by atoms with Gasteiger partial charge < -0.3 is 10.6 Å². The number of hydrogen-bond acceptors (Lipinski definition) is 4. The van der Waals surface area contributed by atoms with Crippen LogP contribution in [0.4, 0.5) is 5.69 Å². The van der Waals surface area contributed by atoms with Crippen LogP contribution in [0.3, 0.4) is 0 Å². The fraction of sp³-hybridized carbons (Fsp3) is 0.600. The van der Waals surface area contributed by atoms with Crippen molar-refractivity contribution in [1.29, 1.82) is 0 Å². The number of carbonyl (C=O) groups is 2. The highest BCUT2D eigenvalue weighted by molar-refractivity contribution is 8.01. The number of nitrogens with one attached hydrogen (secondary N) is 2. The van der Waals surface area contributed by atoms with E-state index in [0.29, 0.717) is 18.6 Å². The molecule has 0 aliphatic heterocycles. The molecule has 1 aromatic carbocycles. The molecular weight excluding hydrogens is 346 g/mol. The smallest absolute Gasteiger partial charge is 0.234 e. The summed E-state index contributed by atoms with van der Waals surface area (Å²) >= 11 is 1.35. The quantitative estimate of drug-likeness (QED) is 0.655. The minimum absolute atomic E-state index is 0.0226. The lowest BCUT2D eigenvalue weighted by atomic mass is 10.2. The van der Waals surface area contributed by atoms with Crippen LogP contribution in [0.15, 0.2) is 24.3 Å². The van der Waals surface area contributed by atoms with Crippen LogP contribution in [-0.4, -0.2) is 52.9 Å². The molecule has 0 aliphatic carbocycles. The number of anilines is 1. The van der Waals surface area contributed by atoms with E-state index in [1.807, 2.05) is 38.1 Å². The van der Waals surface area contributed by atoms with Crippen LogP contribution in [0.1, 0.15) is 40.2 Å². The van der Waals surface area contributed by atoms with Crippen molar-refractivity contribution in [3.63, 3.8) is 0 Å². The summed E-state index contributed by atoms with van der Waals surface area (Å²) in [7, 11) is 0. The van der Waals surface area contributed by atoms with Gasteiger partial charge in [0.25, 0.3) is 0 Å². The van der Waals surface area contributed by atoms with E-state index in [0.717, 1.165) is 17.8 Å². The average Bonchev–Trinajstić information content (AvgIpc) is 2.57. The second-order valence-corrected chi connectivity index (χ2v) is 8.41. The van der Waals surface area contributed by atoms with Crippen molar-refractivity contribution in [2.45, 2.75) is 58.9 Å². The lowest BCUT2D eigenvalue weighted by Crippen LogP contribution is -2.43. The second kappa shape index (κ2) is 11.2. The number of carbonyl (C=O) groups excluding carboxylic acids is 2. The molecule has 2 N–H and O–H groups in total. The van der Waals surface area contributed by atoms with Crippen molar-refractivity contribution in [2.24, 2.45) is 0 Å². The van der Waals surface area contributed by atoms with Crippen molar-refractivity contribution in [2.75, 3.05) is 24.2 Å². The van der Waals surface area contributed by atoms with Gasteiger partial charge in [-0.2, -0.15) is 0 Å². The van der Waals surface area contributed by atoms with Gasteiger partial charge in [-0.15, -0.1) is 11.8 Å². The lowest BCUT2D eigenvalue weighted by Gasteiger charge is -2.30. The van der Waals surface area contributed by atoms with Gasteiger partial charge in [-0.05, 0) is 53.7 Å². The normalized spacial score (nSPS) is 12.5. The number of rotatable bonds is 10. The molecule has 0 saturated carbocycles. The van der Waals surface area contributed by atoms with Crippen molar-refractivity contribution in [3.8, 4) is 0 Å². The highest BCUT2D eigenvalue weighted by Crippen LogP contribution is 2.13. The summed E-state index contributed by atoms with van der Waals surface area (Å²) in [5.74, 6) is 0.141. The summed E-state index contributed by atoms with van der Waals surface area (Å²) in [6, 6.07) is 8.56. The Morgan fingerprint density at radius 3 is 2.15 bits per heavy atom. The molecule has 146 valence electrons. The topological polar surface area (TPSA) is 61.4 Å². The fourth-order valence-electron chi connectivity index (χ4n) is 2.67. The third-order valence-corrected chi connectivity index (χ3v) is 5.31. The van der Waals surface area contributed by atoms with Gasteiger partial charge in [-0.1, -0.05) is 17.7 Å². The predicted molar refractivity (Wildman–Crippen MR) is 112 cm³/mol. The summed E-state index contributed by atoms with van der Waals surface area (Å²) in [5, 5.41) is 5.56. The van der Waals surface area contributed by atoms with E-state index in [-0.39, 0.29) is 22.8 Å². The summed E-state index contributed by atoms with van der Waals surface area (Å²) in [6.07, 6.45) is 0. The van der Waals surface area contributed by atoms with Gasteiger partial charge >= 0.3 is 0 Å². The van der Waals surface area contributed by atoms with Gasteiger partial charge in [0, 0.05) is 30.9 Å². The van der Waals surface area contributed by atoms with Gasteiger partial charge in [-0.3, -0.25) is 14.5 Å². The van der Waals surface area contributed by atoms with Crippen LogP contribution in [-0.2, 0) is 9.59 Å². The number of nitrogens with zero attached hydrogens (tertiary/aromatic N) is 1. The third kappa shape index (κ3) is 8.23. The molecule has 0 spiro atoms. The van der Waals surface area contributed by atoms with Crippen LogP contribution in [0.25, 0.3) is 0 Å². The van der Waals surface area contributed by atoms with Crippen molar-refractivity contribution >= 4 is 29.3 Å². The van der Waals surface area contributed by atoms with Gasteiger partial charge in [-0.25, -0.2) is 0 Å². The molecule has 0 aromatic heterocycles. The summed E-state index contributed by atoms with van der Waals surface area (Å²) < 4.78 is 0. The van der Waals surface area contributed by atoms with Crippen LogP contribution >= 0.6 is 11.8 Å². The number of aryl methyl sites for hydroxylation is 1. The standard InChI is InChI=1S/C20H33N3O2S/c1-14(2)23(15(3)4)12-11-21-20(25)17(6)26-13-19(24)22-18-9-7-16(5)8-10-18/h7-10,14-15,17H,11-13H2,1-6H3,(H,21,25)(H,22,24). The average molecular weight is 380 g/mol. The third-order valence-electron chi connectivity index (χ3n) is 4.16. The molecule has 0 heterocycles. The highest BCUT2D eigenvalue weighted by Gasteiger charge is 2.17. The predicted octanol–water partition coefficient (Wildman–Crippen LogP) is 3.29. The van der Waals surface area contributed by atoms with Crippen molar-refractivity contribution in [3.05, 3.63) is 29.8 Å². The second-order valence-electron chi connectivity index (χ2n) is 7.08. The molecule has 1 unspecified atom stereocenters.